The predicted molar refractivity (Wildman–Crippen MR) is 63.9 cm³/mol. The molecule has 1 fully saturated rings. The fourth-order valence-electron chi connectivity index (χ4n) is 2.06. The molecule has 2 rings (SSSR count). The Kier molecular flexibility index (Phi) is 2.86. The van der Waals surface area contributed by atoms with E-state index in [0.29, 0.717) is 17.4 Å². The van der Waals surface area contributed by atoms with E-state index in [1.807, 2.05) is 12.1 Å². The molecule has 1 heterocycles. The van der Waals surface area contributed by atoms with Crippen molar-refractivity contribution in [2.75, 3.05) is 18.0 Å². The van der Waals surface area contributed by atoms with Crippen LogP contribution in [0.3, 0.4) is 0 Å². The number of anilines is 1. The second-order valence-electron chi connectivity index (χ2n) is 4.73. The van der Waals surface area contributed by atoms with Crippen molar-refractivity contribution in [3.63, 3.8) is 0 Å². The van der Waals surface area contributed by atoms with Gasteiger partial charge in [-0.2, -0.15) is 0 Å². The molecule has 1 saturated heterocycles. The number of carboxylic acids is 1. The summed E-state index contributed by atoms with van der Waals surface area (Å²) in [7, 11) is 0. The van der Waals surface area contributed by atoms with Crippen LogP contribution in [0, 0.1) is 11.8 Å². The molecule has 3 nitrogen and oxygen atoms in total. The van der Waals surface area contributed by atoms with Crippen LogP contribution in [0.15, 0.2) is 24.3 Å². The summed E-state index contributed by atoms with van der Waals surface area (Å²) in [6.07, 6.45) is 0. The van der Waals surface area contributed by atoms with Crippen LogP contribution in [0.1, 0.15) is 24.2 Å². The molecule has 0 saturated carbocycles. The van der Waals surface area contributed by atoms with Crippen molar-refractivity contribution in [3.8, 4) is 0 Å². The molecule has 86 valence electrons. The fourth-order valence-corrected chi connectivity index (χ4v) is 2.06. The Bertz CT molecular complexity index is 395. The lowest BCUT2D eigenvalue weighted by atomic mass is 9.87. The first kappa shape index (κ1) is 11.0. The van der Waals surface area contributed by atoms with E-state index in [0.717, 1.165) is 18.8 Å². The molecule has 0 unspecified atom stereocenters. The molecule has 1 aliphatic heterocycles. The maximum atomic E-state index is 11.1. The first-order valence-corrected chi connectivity index (χ1v) is 5.67. The molecule has 3 heteroatoms. The zero-order valence-electron chi connectivity index (χ0n) is 9.68. The minimum Gasteiger partial charge on any atom is -0.478 e. The molecular formula is C13H17NO2. The lowest BCUT2D eigenvalue weighted by Gasteiger charge is -2.43. The maximum Gasteiger partial charge on any atom is 0.337 e. The molecule has 0 spiro atoms. The summed E-state index contributed by atoms with van der Waals surface area (Å²) in [5.74, 6) is 0.527. The van der Waals surface area contributed by atoms with Crippen LogP contribution in [-0.2, 0) is 0 Å². The first-order chi connectivity index (χ1) is 7.59. The third-order valence-electron chi connectivity index (χ3n) is 3.33. The van der Waals surface area contributed by atoms with Gasteiger partial charge in [0.15, 0.2) is 0 Å². The van der Waals surface area contributed by atoms with E-state index in [2.05, 4.69) is 18.7 Å². The third-order valence-corrected chi connectivity index (χ3v) is 3.33. The van der Waals surface area contributed by atoms with E-state index in [9.17, 15) is 4.79 Å². The molecular weight excluding hydrogens is 202 g/mol. The van der Waals surface area contributed by atoms with Crippen molar-refractivity contribution in [1.82, 2.24) is 0 Å². The number of aromatic carboxylic acids is 1. The van der Waals surface area contributed by atoms with Crippen LogP contribution < -0.4 is 4.90 Å². The minimum atomic E-state index is -0.844. The first-order valence-electron chi connectivity index (χ1n) is 5.67. The zero-order chi connectivity index (χ0) is 11.7. The van der Waals surface area contributed by atoms with E-state index < -0.39 is 5.97 Å². The van der Waals surface area contributed by atoms with Crippen LogP contribution >= 0.6 is 0 Å². The SMILES string of the molecule is CC(C)C1CN(c2ccccc2C(=O)O)C1. The highest BCUT2D eigenvalue weighted by atomic mass is 16.4. The molecule has 1 aromatic carbocycles. The van der Waals surface area contributed by atoms with Gasteiger partial charge >= 0.3 is 5.97 Å². The second kappa shape index (κ2) is 4.16. The van der Waals surface area contributed by atoms with Crippen molar-refractivity contribution in [1.29, 1.82) is 0 Å². The van der Waals surface area contributed by atoms with Gasteiger partial charge in [0, 0.05) is 13.1 Å². The zero-order valence-corrected chi connectivity index (χ0v) is 9.68. The summed E-state index contributed by atoms with van der Waals surface area (Å²) in [4.78, 5) is 13.2. The van der Waals surface area contributed by atoms with Crippen LogP contribution in [0.4, 0.5) is 5.69 Å². The van der Waals surface area contributed by atoms with E-state index in [1.54, 1.807) is 12.1 Å². The minimum absolute atomic E-state index is 0.407. The molecule has 1 aliphatic rings. The molecule has 0 aromatic heterocycles. The largest absolute Gasteiger partial charge is 0.478 e. The Morgan fingerprint density at radius 1 is 1.38 bits per heavy atom. The van der Waals surface area contributed by atoms with Crippen LogP contribution in [0.2, 0.25) is 0 Å². The summed E-state index contributed by atoms with van der Waals surface area (Å²) in [5.41, 5.74) is 1.26. The van der Waals surface area contributed by atoms with Gasteiger partial charge in [0.25, 0.3) is 0 Å². The Labute approximate surface area is 95.7 Å². The van der Waals surface area contributed by atoms with Gasteiger partial charge in [-0.15, -0.1) is 0 Å². The van der Waals surface area contributed by atoms with Crippen LogP contribution in [-0.4, -0.2) is 24.2 Å². The molecule has 0 atom stereocenters. The van der Waals surface area contributed by atoms with Gasteiger partial charge in [-0.3, -0.25) is 0 Å². The highest BCUT2D eigenvalue weighted by molar-refractivity contribution is 5.94. The lowest BCUT2D eigenvalue weighted by molar-refractivity contribution is 0.0697. The quantitative estimate of drug-likeness (QED) is 0.849. The van der Waals surface area contributed by atoms with E-state index in [1.165, 1.54) is 0 Å². The van der Waals surface area contributed by atoms with Crippen LogP contribution in [0.5, 0.6) is 0 Å². The Morgan fingerprint density at radius 2 is 2.00 bits per heavy atom. The number of benzene rings is 1. The Hall–Kier alpha value is -1.51. The molecule has 0 bridgehead atoms. The molecule has 0 amide bonds. The number of hydrogen-bond acceptors (Lipinski definition) is 2. The van der Waals surface area contributed by atoms with Crippen molar-refractivity contribution in [3.05, 3.63) is 29.8 Å². The van der Waals surface area contributed by atoms with Crippen molar-refractivity contribution in [2.24, 2.45) is 11.8 Å². The summed E-state index contributed by atoms with van der Waals surface area (Å²) in [6, 6.07) is 7.22. The smallest absolute Gasteiger partial charge is 0.337 e. The monoisotopic (exact) mass is 219 g/mol. The van der Waals surface area contributed by atoms with E-state index in [-0.39, 0.29) is 0 Å². The van der Waals surface area contributed by atoms with Crippen molar-refractivity contribution in [2.45, 2.75) is 13.8 Å². The topological polar surface area (TPSA) is 40.5 Å². The highest BCUT2D eigenvalue weighted by Gasteiger charge is 2.30. The van der Waals surface area contributed by atoms with E-state index in [4.69, 9.17) is 5.11 Å². The molecule has 1 aromatic rings. The second-order valence-corrected chi connectivity index (χ2v) is 4.73. The average Bonchev–Trinajstić information content (AvgIpc) is 2.15. The number of para-hydroxylation sites is 1. The molecule has 16 heavy (non-hydrogen) atoms. The molecule has 1 N–H and O–H groups in total. The van der Waals surface area contributed by atoms with Gasteiger partial charge < -0.3 is 10.0 Å². The number of carbonyl (C=O) groups is 1. The predicted octanol–water partition coefficient (Wildman–Crippen LogP) is 2.48. The van der Waals surface area contributed by atoms with Gasteiger partial charge in [0.2, 0.25) is 0 Å². The van der Waals surface area contributed by atoms with Crippen LogP contribution in [0.25, 0.3) is 0 Å². The fraction of sp³-hybridized carbons (Fsp3) is 0.462. The lowest BCUT2D eigenvalue weighted by Crippen LogP contribution is -2.49. The maximum absolute atomic E-state index is 11.1. The van der Waals surface area contributed by atoms with Gasteiger partial charge in [-0.25, -0.2) is 4.79 Å². The standard InChI is InChI=1S/C13H17NO2/c1-9(2)10-7-14(8-10)12-6-4-3-5-11(12)13(15)16/h3-6,9-10H,7-8H2,1-2H3,(H,15,16). The normalized spacial score (nSPS) is 16.3. The van der Waals surface area contributed by atoms with Crippen molar-refractivity contribution >= 4 is 11.7 Å². The molecule has 0 aliphatic carbocycles. The highest BCUT2D eigenvalue weighted by Crippen LogP contribution is 2.31. The van der Waals surface area contributed by atoms with E-state index >= 15 is 0 Å². The summed E-state index contributed by atoms with van der Waals surface area (Å²) >= 11 is 0. The number of rotatable bonds is 3. The Balaban J connectivity index is 2.14. The summed E-state index contributed by atoms with van der Waals surface area (Å²) in [6.45, 7) is 6.38. The molecule has 0 radical (unpaired) electrons. The third kappa shape index (κ3) is 1.90. The van der Waals surface area contributed by atoms with Crippen molar-refractivity contribution < 1.29 is 9.90 Å². The average molecular weight is 219 g/mol. The number of nitrogens with zero attached hydrogens (tertiary/aromatic N) is 1. The summed E-state index contributed by atoms with van der Waals surface area (Å²) in [5, 5.41) is 9.08. The van der Waals surface area contributed by atoms with Gasteiger partial charge in [-0.05, 0) is 24.0 Å². The van der Waals surface area contributed by atoms with Gasteiger partial charge in [-0.1, -0.05) is 26.0 Å². The number of hydrogen-bond donors (Lipinski definition) is 1. The summed E-state index contributed by atoms with van der Waals surface area (Å²) < 4.78 is 0. The van der Waals surface area contributed by atoms with Gasteiger partial charge in [0.1, 0.15) is 0 Å². The van der Waals surface area contributed by atoms with Gasteiger partial charge in [0.05, 0.1) is 11.3 Å². The Morgan fingerprint density at radius 3 is 2.56 bits per heavy atom. The number of carboxylic acid groups (broad SMARTS) is 1.